The van der Waals surface area contributed by atoms with Crippen LogP contribution in [0.4, 0.5) is 17.6 Å². The van der Waals surface area contributed by atoms with Crippen LogP contribution in [-0.4, -0.2) is 15.0 Å². The van der Waals surface area contributed by atoms with Crippen molar-refractivity contribution >= 4 is 33.5 Å². The molecular weight excluding hydrogens is 300 g/mol. The summed E-state index contributed by atoms with van der Waals surface area (Å²) in [6.07, 6.45) is 0. The number of halogens is 1. The van der Waals surface area contributed by atoms with Crippen LogP contribution in [0.15, 0.2) is 27.8 Å². The van der Waals surface area contributed by atoms with Gasteiger partial charge >= 0.3 is 0 Å². The molecule has 1 aromatic carbocycles. The van der Waals surface area contributed by atoms with E-state index in [1.165, 1.54) is 0 Å². The summed E-state index contributed by atoms with van der Waals surface area (Å²) in [5, 5.41) is 3.56. The Balaban J connectivity index is 2.68. The zero-order valence-electron chi connectivity index (χ0n) is 8.95. The van der Waals surface area contributed by atoms with Gasteiger partial charge in [0.25, 0.3) is 0 Å². The first-order valence-electron chi connectivity index (χ1n) is 4.72. The second-order valence-electron chi connectivity index (χ2n) is 3.23. The first-order valence-corrected chi connectivity index (χ1v) is 5.51. The average Bonchev–Trinajstić information content (AvgIpc) is 2.30. The van der Waals surface area contributed by atoms with E-state index in [2.05, 4.69) is 40.9 Å². The first kappa shape index (κ1) is 12.1. The van der Waals surface area contributed by atoms with Gasteiger partial charge in [-0.05, 0) is 17.7 Å². The molecule has 0 fully saturated rings. The smallest absolute Gasteiger partial charge is 0.225 e. The van der Waals surface area contributed by atoms with Gasteiger partial charge in [0.05, 0.1) is 0 Å². The van der Waals surface area contributed by atoms with E-state index in [1.807, 2.05) is 0 Å². The number of aromatic nitrogens is 3. The first-order chi connectivity index (χ1) is 8.60. The Kier molecular flexibility index (Phi) is 3.26. The highest BCUT2D eigenvalue weighted by Crippen LogP contribution is 2.31. The summed E-state index contributed by atoms with van der Waals surface area (Å²) in [6, 6.07) is 5.08. The maximum absolute atomic E-state index is 8.51. The number of azide groups is 1. The molecule has 0 radical (unpaired) electrons. The molecule has 9 heteroatoms. The van der Waals surface area contributed by atoms with Gasteiger partial charge in [0.1, 0.15) is 0 Å². The molecule has 0 atom stereocenters. The fourth-order valence-corrected chi connectivity index (χ4v) is 1.71. The lowest BCUT2D eigenvalue weighted by Gasteiger charge is -2.05. The molecule has 0 bridgehead atoms. The van der Waals surface area contributed by atoms with Gasteiger partial charge in [-0.25, -0.2) is 0 Å². The van der Waals surface area contributed by atoms with E-state index in [0.29, 0.717) is 11.3 Å². The lowest BCUT2D eigenvalue weighted by Crippen LogP contribution is -2.04. The summed E-state index contributed by atoms with van der Waals surface area (Å²) >= 11 is 3.31. The van der Waals surface area contributed by atoms with Crippen molar-refractivity contribution in [3.63, 3.8) is 0 Å². The van der Waals surface area contributed by atoms with Gasteiger partial charge in [-0.2, -0.15) is 15.0 Å². The monoisotopic (exact) mass is 306 g/mol. The van der Waals surface area contributed by atoms with E-state index in [-0.39, 0.29) is 17.7 Å². The lowest BCUT2D eigenvalue weighted by atomic mass is 10.1. The fourth-order valence-electron chi connectivity index (χ4n) is 1.35. The van der Waals surface area contributed by atoms with Crippen molar-refractivity contribution in [3.05, 3.63) is 33.1 Å². The van der Waals surface area contributed by atoms with Crippen LogP contribution in [-0.2, 0) is 0 Å². The van der Waals surface area contributed by atoms with Gasteiger partial charge in [-0.3, -0.25) is 0 Å². The van der Waals surface area contributed by atoms with Crippen LogP contribution in [0.3, 0.4) is 0 Å². The lowest BCUT2D eigenvalue weighted by molar-refractivity contribution is 1.09. The quantitative estimate of drug-likeness (QED) is 0.498. The number of nitrogens with two attached hydrogens (primary N) is 2. The molecule has 1 aromatic heterocycles. The van der Waals surface area contributed by atoms with Crippen molar-refractivity contribution in [1.82, 2.24) is 15.0 Å². The molecule has 0 unspecified atom stereocenters. The highest BCUT2D eigenvalue weighted by molar-refractivity contribution is 9.10. The number of benzene rings is 1. The van der Waals surface area contributed by atoms with Crippen LogP contribution in [0.5, 0.6) is 0 Å². The molecule has 2 aromatic rings. The summed E-state index contributed by atoms with van der Waals surface area (Å²) in [7, 11) is 0. The number of rotatable bonds is 2. The van der Waals surface area contributed by atoms with Crippen LogP contribution in [0.2, 0.25) is 0 Å². The summed E-state index contributed by atoms with van der Waals surface area (Å²) < 4.78 is 0.784. The molecule has 18 heavy (non-hydrogen) atoms. The van der Waals surface area contributed by atoms with Gasteiger partial charge < -0.3 is 11.5 Å². The van der Waals surface area contributed by atoms with E-state index < -0.39 is 0 Å². The molecule has 90 valence electrons. The standard InChI is InChI=1S/C9H7BrN8/c10-4-1-2-6(17-18-13)5(3-4)7-14-8(11)16-9(12)15-7/h1-3H,(H4,11,12,14,15,16). The van der Waals surface area contributed by atoms with E-state index in [4.69, 9.17) is 17.0 Å². The minimum absolute atomic E-state index is 0.00404. The maximum atomic E-state index is 8.51. The van der Waals surface area contributed by atoms with Crippen molar-refractivity contribution < 1.29 is 0 Å². The number of hydrogen-bond donors (Lipinski definition) is 2. The third kappa shape index (κ3) is 2.47. The zero-order chi connectivity index (χ0) is 13.1. The Morgan fingerprint density at radius 1 is 1.17 bits per heavy atom. The number of hydrogen-bond acceptors (Lipinski definition) is 6. The van der Waals surface area contributed by atoms with Crippen LogP contribution < -0.4 is 11.5 Å². The van der Waals surface area contributed by atoms with Gasteiger partial charge in [0.2, 0.25) is 11.9 Å². The van der Waals surface area contributed by atoms with Crippen molar-refractivity contribution in [3.8, 4) is 11.4 Å². The third-order valence-electron chi connectivity index (χ3n) is 2.02. The molecule has 0 aliphatic carbocycles. The minimum Gasteiger partial charge on any atom is -0.368 e. The van der Waals surface area contributed by atoms with Crippen molar-refractivity contribution in [2.45, 2.75) is 0 Å². The fraction of sp³-hybridized carbons (Fsp3) is 0. The molecule has 0 saturated carbocycles. The Morgan fingerprint density at radius 3 is 2.44 bits per heavy atom. The minimum atomic E-state index is 0.00404. The largest absolute Gasteiger partial charge is 0.368 e. The molecular formula is C9H7BrN8. The molecule has 8 nitrogen and oxygen atoms in total. The summed E-state index contributed by atoms with van der Waals surface area (Å²) in [6.45, 7) is 0. The molecule has 0 spiro atoms. The Bertz CT molecular complexity index is 629. The van der Waals surface area contributed by atoms with Crippen LogP contribution in [0, 0.1) is 0 Å². The average molecular weight is 307 g/mol. The van der Waals surface area contributed by atoms with Gasteiger partial charge in [-0.1, -0.05) is 27.1 Å². The van der Waals surface area contributed by atoms with Crippen LogP contribution in [0.25, 0.3) is 21.8 Å². The van der Waals surface area contributed by atoms with Gasteiger partial charge in [0, 0.05) is 20.6 Å². The van der Waals surface area contributed by atoms with E-state index in [1.54, 1.807) is 18.2 Å². The van der Waals surface area contributed by atoms with E-state index in [9.17, 15) is 0 Å². The van der Waals surface area contributed by atoms with Crippen LogP contribution >= 0.6 is 15.9 Å². The number of nitrogens with zero attached hydrogens (tertiary/aromatic N) is 6. The third-order valence-corrected chi connectivity index (χ3v) is 2.52. The predicted octanol–water partition coefficient (Wildman–Crippen LogP) is 2.41. The molecule has 4 N–H and O–H groups in total. The molecule has 0 aliphatic heterocycles. The second-order valence-corrected chi connectivity index (χ2v) is 4.14. The van der Waals surface area contributed by atoms with Gasteiger partial charge in [-0.15, -0.1) is 0 Å². The Morgan fingerprint density at radius 2 is 1.83 bits per heavy atom. The topological polar surface area (TPSA) is 139 Å². The highest BCUT2D eigenvalue weighted by Gasteiger charge is 2.10. The molecule has 0 amide bonds. The summed E-state index contributed by atoms with van der Waals surface area (Å²) in [4.78, 5) is 14.3. The highest BCUT2D eigenvalue weighted by atomic mass is 79.9. The van der Waals surface area contributed by atoms with Crippen molar-refractivity contribution in [2.24, 2.45) is 5.11 Å². The molecule has 0 aliphatic rings. The summed E-state index contributed by atoms with van der Waals surface area (Å²) in [5.41, 5.74) is 20.4. The predicted molar refractivity (Wildman–Crippen MR) is 70.6 cm³/mol. The Labute approximate surface area is 110 Å². The number of nitrogen functional groups attached to an aromatic ring is 2. The maximum Gasteiger partial charge on any atom is 0.225 e. The molecule has 2 rings (SSSR count). The van der Waals surface area contributed by atoms with Crippen LogP contribution in [0.1, 0.15) is 0 Å². The second kappa shape index (κ2) is 4.86. The summed E-state index contributed by atoms with van der Waals surface area (Å²) in [5.74, 6) is 0.262. The van der Waals surface area contributed by atoms with Crippen molar-refractivity contribution in [2.75, 3.05) is 11.5 Å². The SMILES string of the molecule is [N-]=[N+]=Nc1ccc(Br)cc1-c1nc(N)nc(N)n1. The zero-order valence-corrected chi connectivity index (χ0v) is 10.5. The van der Waals surface area contributed by atoms with Crippen molar-refractivity contribution in [1.29, 1.82) is 0 Å². The van der Waals surface area contributed by atoms with E-state index >= 15 is 0 Å². The Hall–Kier alpha value is -2.38. The number of anilines is 2. The van der Waals surface area contributed by atoms with E-state index in [0.717, 1.165) is 4.47 Å². The molecule has 0 saturated heterocycles. The molecule has 1 heterocycles. The van der Waals surface area contributed by atoms with Gasteiger partial charge in [0.15, 0.2) is 5.82 Å². The normalized spacial score (nSPS) is 9.83.